The molecule has 0 aromatic heterocycles. The third kappa shape index (κ3) is 4.25. The summed E-state index contributed by atoms with van der Waals surface area (Å²) in [4.78, 5) is 12.4. The molecular formula is C20H25NO2. The minimum atomic E-state index is -0.473. The Morgan fingerprint density at radius 2 is 1.74 bits per heavy atom. The first-order valence-corrected chi connectivity index (χ1v) is 8.68. The zero-order valence-corrected chi connectivity index (χ0v) is 13.8. The number of carbonyl (C=O) groups is 1. The first-order chi connectivity index (χ1) is 11.2. The van der Waals surface area contributed by atoms with E-state index in [1.54, 1.807) is 0 Å². The number of benzene rings is 2. The molecule has 2 aromatic carbocycles. The van der Waals surface area contributed by atoms with Crippen LogP contribution >= 0.6 is 0 Å². The van der Waals surface area contributed by atoms with Gasteiger partial charge in [-0.25, -0.2) is 0 Å². The zero-order chi connectivity index (χ0) is 16.1. The maximum Gasteiger partial charge on any atom is 0.260 e. The third-order valence-electron chi connectivity index (χ3n) is 4.60. The minimum Gasteiger partial charge on any atom is -0.481 e. The summed E-state index contributed by atoms with van der Waals surface area (Å²) in [6.07, 6.45) is 6.71. The van der Waals surface area contributed by atoms with Crippen molar-refractivity contribution < 1.29 is 9.53 Å². The van der Waals surface area contributed by atoms with Gasteiger partial charge in [0.05, 0.1) is 0 Å². The zero-order valence-electron chi connectivity index (χ0n) is 13.8. The van der Waals surface area contributed by atoms with E-state index in [0.717, 1.165) is 24.0 Å². The predicted molar refractivity (Wildman–Crippen MR) is 93.7 cm³/mol. The summed E-state index contributed by atoms with van der Waals surface area (Å²) in [6, 6.07) is 14.4. The van der Waals surface area contributed by atoms with Crippen molar-refractivity contribution in [2.75, 3.05) is 0 Å². The summed E-state index contributed by atoms with van der Waals surface area (Å²) < 4.78 is 5.84. The summed E-state index contributed by atoms with van der Waals surface area (Å²) >= 11 is 0. The first-order valence-electron chi connectivity index (χ1n) is 8.68. The molecule has 1 amide bonds. The molecule has 122 valence electrons. The Morgan fingerprint density at radius 1 is 1.04 bits per heavy atom. The lowest BCUT2D eigenvalue weighted by atomic mass is 10.1. The maximum absolute atomic E-state index is 12.4. The van der Waals surface area contributed by atoms with Crippen molar-refractivity contribution >= 4 is 16.7 Å². The predicted octanol–water partition coefficient (Wildman–Crippen LogP) is 4.45. The largest absolute Gasteiger partial charge is 0.481 e. The molecule has 1 N–H and O–H groups in total. The van der Waals surface area contributed by atoms with Gasteiger partial charge in [0.25, 0.3) is 5.91 Å². The van der Waals surface area contributed by atoms with Crippen molar-refractivity contribution in [3.8, 4) is 5.75 Å². The average molecular weight is 311 g/mol. The molecule has 3 nitrogen and oxygen atoms in total. The number of ether oxygens (including phenoxy) is 1. The van der Waals surface area contributed by atoms with Gasteiger partial charge in [-0.1, -0.05) is 56.0 Å². The molecule has 23 heavy (non-hydrogen) atoms. The van der Waals surface area contributed by atoms with Gasteiger partial charge < -0.3 is 10.1 Å². The van der Waals surface area contributed by atoms with Gasteiger partial charge in [0.15, 0.2) is 6.10 Å². The van der Waals surface area contributed by atoms with Crippen LogP contribution in [0, 0.1) is 0 Å². The number of carbonyl (C=O) groups excluding carboxylic acids is 1. The highest BCUT2D eigenvalue weighted by molar-refractivity contribution is 5.84. The first kappa shape index (κ1) is 15.9. The summed E-state index contributed by atoms with van der Waals surface area (Å²) in [6.45, 7) is 1.82. The average Bonchev–Trinajstić information content (AvgIpc) is 2.83. The smallest absolute Gasteiger partial charge is 0.260 e. The Morgan fingerprint density at radius 3 is 2.48 bits per heavy atom. The SMILES string of the molecule is C[C@@H](Oc1ccc2ccccc2c1)C(=O)NC1CCCCCC1. The molecule has 1 aliphatic carbocycles. The maximum atomic E-state index is 12.4. The van der Waals surface area contributed by atoms with Crippen LogP contribution in [0.1, 0.15) is 45.4 Å². The van der Waals surface area contributed by atoms with E-state index < -0.39 is 6.10 Å². The van der Waals surface area contributed by atoms with E-state index in [2.05, 4.69) is 17.4 Å². The van der Waals surface area contributed by atoms with E-state index >= 15 is 0 Å². The third-order valence-corrected chi connectivity index (χ3v) is 4.60. The lowest BCUT2D eigenvalue weighted by Crippen LogP contribution is -2.42. The molecule has 0 heterocycles. The second kappa shape index (κ2) is 7.49. The van der Waals surface area contributed by atoms with E-state index in [9.17, 15) is 4.79 Å². The van der Waals surface area contributed by atoms with Crippen molar-refractivity contribution in [1.82, 2.24) is 5.32 Å². The Balaban J connectivity index is 1.60. The quantitative estimate of drug-likeness (QED) is 0.847. The molecule has 2 aromatic rings. The highest BCUT2D eigenvalue weighted by Gasteiger charge is 2.20. The molecule has 1 saturated carbocycles. The number of hydrogen-bond acceptors (Lipinski definition) is 2. The number of rotatable bonds is 4. The Hall–Kier alpha value is -2.03. The van der Waals surface area contributed by atoms with Crippen LogP contribution in [0.5, 0.6) is 5.75 Å². The van der Waals surface area contributed by atoms with Crippen molar-refractivity contribution in [3.05, 3.63) is 42.5 Å². The van der Waals surface area contributed by atoms with Crippen molar-refractivity contribution in [2.24, 2.45) is 0 Å². The standard InChI is InChI=1S/C20H25NO2/c1-15(20(22)21-18-10-4-2-3-5-11-18)23-19-13-12-16-8-6-7-9-17(16)14-19/h6-9,12-15,18H,2-5,10-11H2,1H3,(H,21,22)/t15-/m1/s1. The number of hydrogen-bond donors (Lipinski definition) is 1. The molecule has 0 saturated heterocycles. The molecule has 0 unspecified atom stereocenters. The van der Waals surface area contributed by atoms with Crippen molar-refractivity contribution in [3.63, 3.8) is 0 Å². The van der Waals surface area contributed by atoms with E-state index in [0.29, 0.717) is 6.04 Å². The van der Waals surface area contributed by atoms with Gasteiger partial charge in [0.2, 0.25) is 0 Å². The van der Waals surface area contributed by atoms with E-state index in [-0.39, 0.29) is 5.91 Å². The molecule has 1 aliphatic rings. The number of fused-ring (bicyclic) bond motifs is 1. The van der Waals surface area contributed by atoms with Gasteiger partial charge in [-0.15, -0.1) is 0 Å². The fraction of sp³-hybridized carbons (Fsp3) is 0.450. The molecule has 1 fully saturated rings. The Kier molecular flexibility index (Phi) is 5.16. The van der Waals surface area contributed by atoms with E-state index in [1.165, 1.54) is 31.1 Å². The Labute approximate surface area is 138 Å². The summed E-state index contributed by atoms with van der Waals surface area (Å²) in [5.41, 5.74) is 0. The van der Waals surface area contributed by atoms with Crippen molar-refractivity contribution in [1.29, 1.82) is 0 Å². The van der Waals surface area contributed by atoms with Crippen LogP contribution in [0.4, 0.5) is 0 Å². The lowest BCUT2D eigenvalue weighted by Gasteiger charge is -2.20. The second-order valence-corrected chi connectivity index (χ2v) is 6.47. The van der Waals surface area contributed by atoms with Gasteiger partial charge >= 0.3 is 0 Å². The van der Waals surface area contributed by atoms with Gasteiger partial charge in [0, 0.05) is 6.04 Å². The van der Waals surface area contributed by atoms with Crippen LogP contribution in [0.3, 0.4) is 0 Å². The lowest BCUT2D eigenvalue weighted by molar-refractivity contribution is -0.128. The number of nitrogens with one attached hydrogen (secondary N) is 1. The fourth-order valence-electron chi connectivity index (χ4n) is 3.24. The molecule has 3 heteroatoms. The molecule has 0 bridgehead atoms. The highest BCUT2D eigenvalue weighted by atomic mass is 16.5. The second-order valence-electron chi connectivity index (χ2n) is 6.47. The summed E-state index contributed by atoms with van der Waals surface area (Å²) in [5.74, 6) is 0.734. The summed E-state index contributed by atoms with van der Waals surface area (Å²) in [7, 11) is 0. The molecule has 0 aliphatic heterocycles. The van der Waals surface area contributed by atoms with Gasteiger partial charge in [0.1, 0.15) is 5.75 Å². The van der Waals surface area contributed by atoms with Crippen molar-refractivity contribution in [2.45, 2.75) is 57.6 Å². The van der Waals surface area contributed by atoms with Crippen LogP contribution in [-0.4, -0.2) is 18.1 Å². The van der Waals surface area contributed by atoms with Gasteiger partial charge in [-0.3, -0.25) is 4.79 Å². The van der Waals surface area contributed by atoms with Crippen LogP contribution in [0.2, 0.25) is 0 Å². The fourth-order valence-corrected chi connectivity index (χ4v) is 3.24. The van der Waals surface area contributed by atoms with E-state index in [4.69, 9.17) is 4.74 Å². The highest BCUT2D eigenvalue weighted by Crippen LogP contribution is 2.22. The normalized spacial score (nSPS) is 17.4. The van der Waals surface area contributed by atoms with Crippen LogP contribution in [-0.2, 0) is 4.79 Å². The van der Waals surface area contributed by atoms with Gasteiger partial charge in [-0.2, -0.15) is 0 Å². The molecule has 0 radical (unpaired) electrons. The Bertz CT molecular complexity index is 659. The van der Waals surface area contributed by atoms with Gasteiger partial charge in [-0.05, 0) is 42.7 Å². The topological polar surface area (TPSA) is 38.3 Å². The van der Waals surface area contributed by atoms with Crippen LogP contribution in [0.15, 0.2) is 42.5 Å². The monoisotopic (exact) mass is 311 g/mol. The van der Waals surface area contributed by atoms with Crippen LogP contribution < -0.4 is 10.1 Å². The molecule has 1 atom stereocenters. The molecular weight excluding hydrogens is 286 g/mol. The minimum absolute atomic E-state index is 0.00920. The molecule has 0 spiro atoms. The van der Waals surface area contributed by atoms with E-state index in [1.807, 2.05) is 37.3 Å². The van der Waals surface area contributed by atoms with Crippen LogP contribution in [0.25, 0.3) is 10.8 Å². The molecule has 3 rings (SSSR count). The summed E-state index contributed by atoms with van der Waals surface area (Å²) in [5, 5.41) is 5.45. The number of amides is 1.